The number of esters is 1. The van der Waals surface area contributed by atoms with E-state index in [9.17, 15) is 40.7 Å². The predicted molar refractivity (Wildman–Crippen MR) is 104 cm³/mol. The number of carboxylic acid groups (broad SMARTS) is 1. The maximum absolute atomic E-state index is 14.0. The summed E-state index contributed by atoms with van der Waals surface area (Å²) in [5.41, 5.74) is -1.24. The fraction of sp³-hybridized carbons (Fsp3) is 0.400. The van der Waals surface area contributed by atoms with Gasteiger partial charge < -0.3 is 24.6 Å². The number of nitrogens with zero attached hydrogens (tertiary/aromatic N) is 3. The Morgan fingerprint density at radius 1 is 1.14 bits per heavy atom. The maximum Gasteiger partial charge on any atom is 0.449 e. The summed E-state index contributed by atoms with van der Waals surface area (Å²) in [5, 5.41) is 11.0. The van der Waals surface area contributed by atoms with E-state index >= 15 is 0 Å². The van der Waals surface area contributed by atoms with Crippen molar-refractivity contribution < 1.29 is 50.6 Å². The number of benzene rings is 1. The number of carbonyl (C=O) groups excluding carboxylic acids is 2. The predicted octanol–water partition coefficient (Wildman–Crippen LogP) is 2.72. The van der Waals surface area contributed by atoms with E-state index in [1.165, 1.54) is 0 Å². The number of rotatable bonds is 6. The minimum absolute atomic E-state index is 0.224. The first-order chi connectivity index (χ1) is 16.3. The highest BCUT2D eigenvalue weighted by Gasteiger charge is 2.42. The average molecular weight is 508 g/mol. The Kier molecular flexibility index (Phi) is 7.26. The van der Waals surface area contributed by atoms with Crippen LogP contribution in [0.5, 0.6) is 0 Å². The van der Waals surface area contributed by atoms with Crippen molar-refractivity contribution in [3.8, 4) is 0 Å². The molecule has 2 aromatic rings. The van der Waals surface area contributed by atoms with Crippen molar-refractivity contribution in [3.05, 3.63) is 52.4 Å². The highest BCUT2D eigenvalue weighted by Crippen LogP contribution is 2.32. The third-order valence-electron chi connectivity index (χ3n) is 5.30. The van der Waals surface area contributed by atoms with Crippen LogP contribution in [0.15, 0.2) is 12.1 Å². The number of fused-ring (bicyclic) bond motifs is 1. The first kappa shape index (κ1) is 25.8. The molecule has 190 valence electrons. The summed E-state index contributed by atoms with van der Waals surface area (Å²) >= 11 is 0. The van der Waals surface area contributed by atoms with Crippen molar-refractivity contribution in [2.24, 2.45) is 0 Å². The molecule has 1 aliphatic heterocycles. The van der Waals surface area contributed by atoms with Gasteiger partial charge in [-0.2, -0.15) is 13.2 Å². The molecule has 2 heterocycles. The lowest BCUT2D eigenvalue weighted by molar-refractivity contribution is -0.148. The Labute approximate surface area is 193 Å². The minimum Gasteiger partial charge on any atom is -0.465 e. The molecule has 1 aromatic carbocycles. The van der Waals surface area contributed by atoms with E-state index < -0.39 is 84.1 Å². The Bertz CT molecular complexity index is 1170. The van der Waals surface area contributed by atoms with Crippen LogP contribution in [0.2, 0.25) is 0 Å². The molecule has 3 rings (SSSR count). The Morgan fingerprint density at radius 3 is 2.40 bits per heavy atom. The first-order valence-electron chi connectivity index (χ1n) is 9.97. The van der Waals surface area contributed by atoms with Gasteiger partial charge in [-0.05, 0) is 18.1 Å². The molecular formula is C20H18F6N4O5. The molecule has 35 heavy (non-hydrogen) atoms. The summed E-state index contributed by atoms with van der Waals surface area (Å²) in [7, 11) is 0.951. The summed E-state index contributed by atoms with van der Waals surface area (Å²) in [6, 6.07) is -0.466. The lowest BCUT2D eigenvalue weighted by Gasteiger charge is -2.30. The number of imidazole rings is 1. The number of aromatic nitrogens is 2. The zero-order valence-electron chi connectivity index (χ0n) is 18.0. The molecule has 2 N–H and O–H groups in total. The highest BCUT2D eigenvalue weighted by molar-refractivity contribution is 5.89. The van der Waals surface area contributed by atoms with Gasteiger partial charge in [-0.3, -0.25) is 4.79 Å². The summed E-state index contributed by atoms with van der Waals surface area (Å²) < 4.78 is 85.9. The van der Waals surface area contributed by atoms with Crippen molar-refractivity contribution in [3.63, 3.8) is 0 Å². The third kappa shape index (κ3) is 5.66. The lowest BCUT2D eigenvalue weighted by Crippen LogP contribution is -2.44. The van der Waals surface area contributed by atoms with Crippen molar-refractivity contribution >= 4 is 18.0 Å². The molecule has 0 bridgehead atoms. The summed E-state index contributed by atoms with van der Waals surface area (Å²) in [5.74, 6) is -7.20. The molecule has 1 aliphatic rings. The number of hydrogen-bond donors (Lipinski definition) is 2. The Morgan fingerprint density at radius 2 is 1.80 bits per heavy atom. The number of amides is 2. The summed E-state index contributed by atoms with van der Waals surface area (Å²) in [6.07, 6.45) is -7.56. The summed E-state index contributed by atoms with van der Waals surface area (Å²) in [6.45, 7) is -1.06. The number of ether oxygens (including phenoxy) is 1. The smallest absolute Gasteiger partial charge is 0.449 e. The fourth-order valence-electron chi connectivity index (χ4n) is 3.73. The molecule has 0 spiro atoms. The van der Waals surface area contributed by atoms with E-state index in [0.29, 0.717) is 6.07 Å². The molecular weight excluding hydrogens is 490 g/mol. The van der Waals surface area contributed by atoms with E-state index in [1.807, 2.05) is 5.32 Å². The van der Waals surface area contributed by atoms with Gasteiger partial charge in [0.05, 0.1) is 19.3 Å². The molecule has 0 aliphatic carbocycles. The standard InChI is InChI=1S/C20H18F6N4O5/c1-35-17(32)16-14-8-29(2-3-30(14)18(28-16)20(24,25)26)15(31)6-10(27-19(33)34)4-9-5-12(22)13(23)7-11(9)21/h5,7,10,27H,2-4,6,8H2,1H3,(H,33,34). The van der Waals surface area contributed by atoms with E-state index in [-0.39, 0.29) is 24.8 Å². The second-order valence-corrected chi connectivity index (χ2v) is 7.60. The number of hydrogen-bond acceptors (Lipinski definition) is 5. The molecule has 0 saturated heterocycles. The van der Waals surface area contributed by atoms with Crippen molar-refractivity contribution in [2.75, 3.05) is 13.7 Å². The second kappa shape index (κ2) is 9.84. The molecule has 1 unspecified atom stereocenters. The van der Waals surface area contributed by atoms with Crippen LogP contribution < -0.4 is 5.32 Å². The van der Waals surface area contributed by atoms with Gasteiger partial charge in [-0.15, -0.1) is 0 Å². The third-order valence-corrected chi connectivity index (χ3v) is 5.30. The van der Waals surface area contributed by atoms with Gasteiger partial charge in [-0.1, -0.05) is 0 Å². The quantitative estimate of drug-likeness (QED) is 0.353. The zero-order valence-corrected chi connectivity index (χ0v) is 18.0. The second-order valence-electron chi connectivity index (χ2n) is 7.60. The van der Waals surface area contributed by atoms with Crippen LogP contribution in [0.4, 0.5) is 31.1 Å². The molecule has 9 nitrogen and oxygen atoms in total. The summed E-state index contributed by atoms with van der Waals surface area (Å²) in [4.78, 5) is 40.3. The van der Waals surface area contributed by atoms with Crippen LogP contribution >= 0.6 is 0 Å². The lowest BCUT2D eigenvalue weighted by atomic mass is 10.0. The zero-order chi connectivity index (χ0) is 26.1. The average Bonchev–Trinajstić information content (AvgIpc) is 3.15. The molecule has 0 saturated carbocycles. The molecule has 2 amide bonds. The van der Waals surface area contributed by atoms with Gasteiger partial charge in [0, 0.05) is 31.6 Å². The number of alkyl halides is 3. The molecule has 15 heteroatoms. The minimum atomic E-state index is -4.88. The normalized spacial score (nSPS) is 14.3. The highest BCUT2D eigenvalue weighted by atomic mass is 19.4. The first-order valence-corrected chi connectivity index (χ1v) is 9.97. The van der Waals surface area contributed by atoms with Crippen molar-refractivity contribution in [2.45, 2.75) is 38.1 Å². The van der Waals surface area contributed by atoms with E-state index in [0.717, 1.165) is 16.6 Å². The molecule has 0 radical (unpaired) electrons. The van der Waals surface area contributed by atoms with Gasteiger partial charge in [0.15, 0.2) is 17.3 Å². The molecule has 0 fully saturated rings. The van der Waals surface area contributed by atoms with Crippen LogP contribution in [-0.4, -0.2) is 57.2 Å². The van der Waals surface area contributed by atoms with Gasteiger partial charge in [0.2, 0.25) is 11.7 Å². The number of methoxy groups -OCH3 is 1. The van der Waals surface area contributed by atoms with Crippen molar-refractivity contribution in [1.82, 2.24) is 19.8 Å². The number of halogens is 6. The number of nitrogens with one attached hydrogen (secondary N) is 1. The van der Waals surface area contributed by atoms with Gasteiger partial charge in [-0.25, -0.2) is 27.7 Å². The Balaban J connectivity index is 1.83. The van der Waals surface area contributed by atoms with Crippen molar-refractivity contribution in [1.29, 1.82) is 0 Å². The maximum atomic E-state index is 14.0. The van der Waals surface area contributed by atoms with Gasteiger partial charge in [0.25, 0.3) is 0 Å². The fourth-order valence-corrected chi connectivity index (χ4v) is 3.73. The monoisotopic (exact) mass is 508 g/mol. The van der Waals surface area contributed by atoms with Gasteiger partial charge >= 0.3 is 18.2 Å². The van der Waals surface area contributed by atoms with E-state index in [2.05, 4.69) is 9.72 Å². The van der Waals surface area contributed by atoms with E-state index in [4.69, 9.17) is 5.11 Å². The molecule has 1 aromatic heterocycles. The van der Waals surface area contributed by atoms with Crippen LogP contribution in [-0.2, 0) is 35.2 Å². The van der Waals surface area contributed by atoms with Crippen LogP contribution in [0, 0.1) is 17.5 Å². The van der Waals surface area contributed by atoms with Crippen LogP contribution in [0.1, 0.15) is 34.0 Å². The van der Waals surface area contributed by atoms with Gasteiger partial charge in [0.1, 0.15) is 5.82 Å². The molecule has 1 atom stereocenters. The Hall–Kier alpha value is -3.78. The number of carbonyl (C=O) groups is 3. The van der Waals surface area contributed by atoms with Crippen LogP contribution in [0.25, 0.3) is 0 Å². The van der Waals surface area contributed by atoms with Crippen LogP contribution in [0.3, 0.4) is 0 Å². The SMILES string of the molecule is COC(=O)c1nc(C(F)(F)F)n2c1CN(C(=O)CC(Cc1cc(F)c(F)cc1F)NC(=O)O)CC2. The largest absolute Gasteiger partial charge is 0.465 e. The topological polar surface area (TPSA) is 114 Å². The van der Waals surface area contributed by atoms with E-state index in [1.54, 1.807) is 0 Å².